The van der Waals surface area contributed by atoms with Gasteiger partial charge in [-0.2, -0.15) is 0 Å². The molecule has 0 radical (unpaired) electrons. The van der Waals surface area contributed by atoms with Crippen LogP contribution in [0.5, 0.6) is 5.75 Å². The van der Waals surface area contributed by atoms with Crippen molar-refractivity contribution in [3.63, 3.8) is 0 Å². The summed E-state index contributed by atoms with van der Waals surface area (Å²) in [5.41, 5.74) is 6.66. The third-order valence-corrected chi connectivity index (χ3v) is 5.66. The summed E-state index contributed by atoms with van der Waals surface area (Å²) in [4.78, 5) is 12.7. The zero-order valence-corrected chi connectivity index (χ0v) is 15.7. The molecule has 5 nitrogen and oxygen atoms in total. The van der Waals surface area contributed by atoms with Gasteiger partial charge in [0, 0.05) is 30.7 Å². The Morgan fingerprint density at radius 3 is 2.48 bits per heavy atom. The number of nitrogens with two attached hydrogens (primary N) is 1. The molecule has 0 spiro atoms. The molecule has 25 heavy (non-hydrogen) atoms. The van der Waals surface area contributed by atoms with Gasteiger partial charge in [-0.3, -0.25) is 4.79 Å². The van der Waals surface area contributed by atoms with E-state index < -0.39 is 5.54 Å². The second-order valence-electron chi connectivity index (χ2n) is 7.14. The smallest absolute Gasteiger partial charge is 0.240 e. The first-order valence-electron chi connectivity index (χ1n) is 8.88. The van der Waals surface area contributed by atoms with E-state index in [2.05, 4.69) is 11.4 Å². The van der Waals surface area contributed by atoms with E-state index in [4.69, 9.17) is 15.2 Å². The topological polar surface area (TPSA) is 73.6 Å². The number of para-hydroxylation sites is 1. The van der Waals surface area contributed by atoms with E-state index in [9.17, 15) is 4.79 Å². The van der Waals surface area contributed by atoms with Crippen molar-refractivity contribution in [3.05, 3.63) is 29.8 Å². The minimum absolute atomic E-state index is 0. The Morgan fingerprint density at radius 1 is 1.20 bits per heavy atom. The number of nitrogens with one attached hydrogen (secondary N) is 1. The van der Waals surface area contributed by atoms with Crippen LogP contribution in [-0.4, -0.2) is 38.3 Å². The van der Waals surface area contributed by atoms with Gasteiger partial charge in [-0.15, -0.1) is 12.4 Å². The summed E-state index contributed by atoms with van der Waals surface area (Å²) in [7, 11) is 1.71. The minimum Gasteiger partial charge on any atom is -0.496 e. The molecule has 0 unspecified atom stereocenters. The Kier molecular flexibility index (Phi) is 6.72. The van der Waals surface area contributed by atoms with Crippen molar-refractivity contribution < 1.29 is 14.3 Å². The molecule has 2 aliphatic rings. The van der Waals surface area contributed by atoms with Crippen LogP contribution in [0.15, 0.2) is 24.3 Å². The number of ether oxygens (including phenoxy) is 2. The van der Waals surface area contributed by atoms with Crippen molar-refractivity contribution in [1.29, 1.82) is 0 Å². The Balaban J connectivity index is 0.00000225. The van der Waals surface area contributed by atoms with Gasteiger partial charge in [0.25, 0.3) is 0 Å². The number of carbonyl (C=O) groups excluding carboxylic acids is 1. The average Bonchev–Trinajstić information content (AvgIpc) is 3.10. The van der Waals surface area contributed by atoms with Crippen LogP contribution in [0.4, 0.5) is 0 Å². The van der Waals surface area contributed by atoms with E-state index in [1.54, 1.807) is 7.11 Å². The fraction of sp³-hybridized carbons (Fsp3) is 0.632. The van der Waals surface area contributed by atoms with Gasteiger partial charge in [0.05, 0.1) is 12.6 Å². The maximum absolute atomic E-state index is 12.7. The first-order chi connectivity index (χ1) is 11.6. The Bertz CT molecular complexity index is 582. The number of hydrogen-bond acceptors (Lipinski definition) is 4. The lowest BCUT2D eigenvalue weighted by Gasteiger charge is -2.35. The summed E-state index contributed by atoms with van der Waals surface area (Å²) in [5.74, 6) is 0.856. The van der Waals surface area contributed by atoms with Crippen molar-refractivity contribution in [2.75, 3.05) is 26.9 Å². The molecular weight excluding hydrogens is 340 g/mol. The second kappa shape index (κ2) is 8.39. The van der Waals surface area contributed by atoms with E-state index in [1.807, 2.05) is 18.2 Å². The molecule has 3 rings (SSSR count). The second-order valence-corrected chi connectivity index (χ2v) is 7.14. The molecule has 1 saturated carbocycles. The van der Waals surface area contributed by atoms with Gasteiger partial charge in [0.1, 0.15) is 5.75 Å². The molecule has 1 amide bonds. The van der Waals surface area contributed by atoms with Crippen molar-refractivity contribution in [2.24, 2.45) is 5.73 Å². The van der Waals surface area contributed by atoms with E-state index in [0.29, 0.717) is 32.6 Å². The third kappa shape index (κ3) is 4.10. The minimum atomic E-state index is -0.793. The number of benzene rings is 1. The molecule has 1 heterocycles. The van der Waals surface area contributed by atoms with Crippen LogP contribution in [0.1, 0.15) is 44.1 Å². The average molecular weight is 369 g/mol. The van der Waals surface area contributed by atoms with Crippen LogP contribution in [0.2, 0.25) is 0 Å². The molecule has 3 N–H and O–H groups in total. The van der Waals surface area contributed by atoms with Crippen molar-refractivity contribution in [2.45, 2.75) is 49.5 Å². The summed E-state index contributed by atoms with van der Waals surface area (Å²) >= 11 is 0. The molecule has 1 aliphatic carbocycles. The predicted molar refractivity (Wildman–Crippen MR) is 100 cm³/mol. The first kappa shape index (κ1) is 20.0. The quantitative estimate of drug-likeness (QED) is 0.837. The molecule has 1 aliphatic heterocycles. The van der Waals surface area contributed by atoms with Crippen molar-refractivity contribution in [1.82, 2.24) is 5.32 Å². The van der Waals surface area contributed by atoms with Gasteiger partial charge in [0.2, 0.25) is 5.91 Å². The molecule has 0 atom stereocenters. The normalized spacial score (nSPS) is 21.2. The van der Waals surface area contributed by atoms with Crippen molar-refractivity contribution >= 4 is 18.3 Å². The molecular formula is C19H29ClN2O3. The summed E-state index contributed by atoms with van der Waals surface area (Å²) < 4.78 is 10.9. The fourth-order valence-corrected chi connectivity index (χ4v) is 4.06. The number of amides is 1. The lowest BCUT2D eigenvalue weighted by atomic mass is 9.78. The van der Waals surface area contributed by atoms with Gasteiger partial charge >= 0.3 is 0 Å². The van der Waals surface area contributed by atoms with E-state index in [-0.39, 0.29) is 23.7 Å². The molecule has 140 valence electrons. The molecule has 1 aromatic rings. The predicted octanol–water partition coefficient (Wildman–Crippen LogP) is 2.55. The van der Waals surface area contributed by atoms with Crippen LogP contribution in [0.25, 0.3) is 0 Å². The van der Waals surface area contributed by atoms with Crippen LogP contribution in [0.3, 0.4) is 0 Å². The van der Waals surface area contributed by atoms with Crippen LogP contribution in [0, 0.1) is 0 Å². The summed E-state index contributed by atoms with van der Waals surface area (Å²) in [6, 6.07) is 8.16. The number of methoxy groups -OCH3 is 1. The van der Waals surface area contributed by atoms with Gasteiger partial charge in [-0.25, -0.2) is 0 Å². The molecule has 1 aromatic carbocycles. The maximum atomic E-state index is 12.7. The lowest BCUT2D eigenvalue weighted by molar-refractivity contribution is -0.130. The van der Waals surface area contributed by atoms with Crippen LogP contribution < -0.4 is 15.8 Å². The van der Waals surface area contributed by atoms with Crippen molar-refractivity contribution in [3.8, 4) is 5.75 Å². The monoisotopic (exact) mass is 368 g/mol. The van der Waals surface area contributed by atoms with E-state index in [0.717, 1.165) is 18.6 Å². The largest absolute Gasteiger partial charge is 0.496 e. The number of carbonyl (C=O) groups is 1. The highest BCUT2D eigenvalue weighted by Crippen LogP contribution is 2.44. The summed E-state index contributed by atoms with van der Waals surface area (Å²) in [6.45, 7) is 1.73. The lowest BCUT2D eigenvalue weighted by Crippen LogP contribution is -2.58. The Morgan fingerprint density at radius 2 is 1.84 bits per heavy atom. The molecule has 2 fully saturated rings. The highest BCUT2D eigenvalue weighted by Gasteiger charge is 2.41. The zero-order valence-electron chi connectivity index (χ0n) is 14.9. The molecule has 0 bridgehead atoms. The highest BCUT2D eigenvalue weighted by atomic mass is 35.5. The summed E-state index contributed by atoms with van der Waals surface area (Å²) in [6.07, 6.45) is 5.65. The third-order valence-electron chi connectivity index (χ3n) is 5.66. The molecule has 6 heteroatoms. The van der Waals surface area contributed by atoms with Gasteiger partial charge in [-0.1, -0.05) is 31.0 Å². The van der Waals surface area contributed by atoms with E-state index >= 15 is 0 Å². The standard InChI is InChI=1S/C19H28N2O3.ClH/c1-23-16-7-3-2-6-15(16)18(8-4-5-9-18)14-21-17(22)19(20)10-12-24-13-11-19;/h2-3,6-7H,4-5,8-14,20H2,1H3,(H,21,22);1H. The van der Waals surface area contributed by atoms with Gasteiger partial charge in [-0.05, 0) is 31.7 Å². The summed E-state index contributed by atoms with van der Waals surface area (Å²) in [5, 5.41) is 3.15. The SMILES string of the molecule is COc1ccccc1C1(CNC(=O)C2(N)CCOCC2)CCCC1.Cl. The number of hydrogen-bond donors (Lipinski definition) is 2. The number of halogens is 1. The van der Waals surface area contributed by atoms with Crippen LogP contribution >= 0.6 is 12.4 Å². The Labute approximate surface area is 156 Å². The molecule has 1 saturated heterocycles. The van der Waals surface area contributed by atoms with Gasteiger partial charge in [0.15, 0.2) is 0 Å². The first-order valence-corrected chi connectivity index (χ1v) is 8.88. The molecule has 0 aromatic heterocycles. The highest BCUT2D eigenvalue weighted by molar-refractivity contribution is 5.86. The van der Waals surface area contributed by atoms with E-state index in [1.165, 1.54) is 18.4 Å². The fourth-order valence-electron chi connectivity index (χ4n) is 4.06. The maximum Gasteiger partial charge on any atom is 0.240 e. The Hall–Kier alpha value is -1.30. The zero-order chi connectivity index (χ0) is 17.0. The van der Waals surface area contributed by atoms with Gasteiger partial charge < -0.3 is 20.5 Å². The number of rotatable bonds is 5. The van der Waals surface area contributed by atoms with Crippen LogP contribution in [-0.2, 0) is 14.9 Å².